The predicted molar refractivity (Wildman–Crippen MR) is 66.0 cm³/mol. The molecule has 1 N–H and O–H groups in total. The van der Waals surface area contributed by atoms with Crippen LogP contribution in [0.4, 0.5) is 5.69 Å². The van der Waals surface area contributed by atoms with Gasteiger partial charge in [-0.25, -0.2) is 8.42 Å². The summed E-state index contributed by atoms with van der Waals surface area (Å²) < 4.78 is 24.3. The van der Waals surface area contributed by atoms with Gasteiger partial charge in [0.15, 0.2) is 9.84 Å². The van der Waals surface area contributed by atoms with Crippen molar-refractivity contribution in [1.29, 1.82) is 0 Å². The first kappa shape index (κ1) is 12.4. The molecule has 0 amide bonds. The lowest BCUT2D eigenvalue weighted by Crippen LogP contribution is -2.38. The van der Waals surface area contributed by atoms with Crippen LogP contribution >= 0.6 is 15.9 Å². The van der Waals surface area contributed by atoms with Gasteiger partial charge in [-0.05, 0) is 28.1 Å². The lowest BCUT2D eigenvalue weighted by Gasteiger charge is -2.30. The molecule has 2 rings (SSSR count). The standard InChI is InChI=1S/C10H10BrNO4S/c11-7-2-1-3-8-10(7)12(6-9(13)14)4-5-17(8,15)16/h1-3H,4-6H2,(H,13,14). The molecule has 1 aromatic rings. The van der Waals surface area contributed by atoms with Crippen molar-refractivity contribution in [2.24, 2.45) is 0 Å². The van der Waals surface area contributed by atoms with Crippen molar-refractivity contribution >= 4 is 37.4 Å². The number of hydrogen-bond donors (Lipinski definition) is 1. The van der Waals surface area contributed by atoms with E-state index >= 15 is 0 Å². The van der Waals surface area contributed by atoms with E-state index in [1.54, 1.807) is 17.0 Å². The number of carboxylic acids is 1. The molecular formula is C10H10BrNO4S. The van der Waals surface area contributed by atoms with Gasteiger partial charge in [0.05, 0.1) is 16.3 Å². The summed E-state index contributed by atoms with van der Waals surface area (Å²) in [6.45, 7) is -0.00458. The third-order valence-electron chi connectivity index (χ3n) is 2.56. The van der Waals surface area contributed by atoms with Crippen molar-refractivity contribution in [2.45, 2.75) is 4.90 Å². The predicted octanol–water partition coefficient (Wildman–Crippen LogP) is 1.13. The van der Waals surface area contributed by atoms with E-state index in [1.165, 1.54) is 6.07 Å². The van der Waals surface area contributed by atoms with Crippen LogP contribution in [-0.4, -0.2) is 38.3 Å². The maximum atomic E-state index is 11.9. The van der Waals surface area contributed by atoms with Crippen molar-refractivity contribution in [3.63, 3.8) is 0 Å². The molecule has 7 heteroatoms. The number of rotatable bonds is 2. The summed E-state index contributed by atoms with van der Waals surface area (Å²) in [6, 6.07) is 4.84. The first-order valence-electron chi connectivity index (χ1n) is 4.90. The minimum Gasteiger partial charge on any atom is -0.480 e. The number of para-hydroxylation sites is 1. The average Bonchev–Trinajstić information content (AvgIpc) is 2.22. The summed E-state index contributed by atoms with van der Waals surface area (Å²) in [5, 5.41) is 8.81. The molecule has 0 aliphatic carbocycles. The first-order valence-corrected chi connectivity index (χ1v) is 7.34. The number of aliphatic carboxylic acids is 1. The normalized spacial score (nSPS) is 17.6. The van der Waals surface area contributed by atoms with Gasteiger partial charge in [0.25, 0.3) is 0 Å². The summed E-state index contributed by atoms with van der Waals surface area (Å²) in [4.78, 5) is 12.5. The quantitative estimate of drug-likeness (QED) is 0.884. The van der Waals surface area contributed by atoms with E-state index in [0.29, 0.717) is 10.2 Å². The van der Waals surface area contributed by atoms with Gasteiger partial charge in [-0.3, -0.25) is 4.79 Å². The van der Waals surface area contributed by atoms with Crippen LogP contribution in [0.25, 0.3) is 0 Å². The molecule has 0 saturated carbocycles. The number of benzene rings is 1. The number of nitrogens with zero attached hydrogens (tertiary/aromatic N) is 1. The summed E-state index contributed by atoms with van der Waals surface area (Å²) in [6.07, 6.45) is 0. The number of anilines is 1. The van der Waals surface area contributed by atoms with Crippen LogP contribution in [0.2, 0.25) is 0 Å². The Morgan fingerprint density at radius 2 is 2.18 bits per heavy atom. The Kier molecular flexibility index (Phi) is 3.13. The molecule has 0 radical (unpaired) electrons. The molecule has 17 heavy (non-hydrogen) atoms. The summed E-state index contributed by atoms with van der Waals surface area (Å²) >= 11 is 3.26. The lowest BCUT2D eigenvalue weighted by atomic mass is 10.2. The van der Waals surface area contributed by atoms with E-state index in [0.717, 1.165) is 0 Å². The summed E-state index contributed by atoms with van der Waals surface area (Å²) in [5.74, 6) is -1.03. The molecule has 0 saturated heterocycles. The smallest absolute Gasteiger partial charge is 0.323 e. The zero-order valence-corrected chi connectivity index (χ0v) is 11.2. The van der Waals surface area contributed by atoms with Crippen molar-refractivity contribution in [2.75, 3.05) is 23.7 Å². The Labute approximate surface area is 107 Å². The molecule has 0 unspecified atom stereocenters. The Hall–Kier alpha value is -1.08. The molecule has 5 nitrogen and oxygen atoms in total. The molecule has 92 valence electrons. The zero-order chi connectivity index (χ0) is 12.6. The van der Waals surface area contributed by atoms with Crippen molar-refractivity contribution in [3.8, 4) is 0 Å². The molecule has 0 spiro atoms. The molecule has 1 heterocycles. The molecule has 0 bridgehead atoms. The number of hydrogen-bond acceptors (Lipinski definition) is 4. The lowest BCUT2D eigenvalue weighted by molar-refractivity contribution is -0.135. The molecule has 0 fully saturated rings. The van der Waals surface area contributed by atoms with E-state index in [2.05, 4.69) is 15.9 Å². The molecule has 1 aliphatic rings. The van der Waals surface area contributed by atoms with E-state index < -0.39 is 15.8 Å². The van der Waals surface area contributed by atoms with Crippen LogP contribution in [-0.2, 0) is 14.6 Å². The second-order valence-electron chi connectivity index (χ2n) is 3.72. The van der Waals surface area contributed by atoms with Gasteiger partial charge in [0.1, 0.15) is 6.54 Å². The van der Waals surface area contributed by atoms with Gasteiger partial charge in [0.2, 0.25) is 0 Å². The van der Waals surface area contributed by atoms with Crippen molar-refractivity contribution < 1.29 is 18.3 Å². The molecule has 1 aliphatic heterocycles. The third-order valence-corrected chi connectivity index (χ3v) is 4.92. The number of carboxylic acid groups (broad SMARTS) is 1. The first-order chi connectivity index (χ1) is 7.92. The van der Waals surface area contributed by atoms with E-state index in [4.69, 9.17) is 5.11 Å². The van der Waals surface area contributed by atoms with Crippen molar-refractivity contribution in [1.82, 2.24) is 0 Å². The largest absolute Gasteiger partial charge is 0.480 e. The number of carbonyl (C=O) groups is 1. The SMILES string of the molecule is O=C(O)CN1CCS(=O)(=O)c2cccc(Br)c21. The highest BCUT2D eigenvalue weighted by molar-refractivity contribution is 9.10. The fraction of sp³-hybridized carbons (Fsp3) is 0.300. The number of halogens is 1. The molecule has 0 aromatic heterocycles. The van der Waals surface area contributed by atoms with Gasteiger partial charge in [-0.2, -0.15) is 0 Å². The van der Waals surface area contributed by atoms with Gasteiger partial charge in [-0.15, -0.1) is 0 Å². The van der Waals surface area contributed by atoms with E-state index in [1.807, 2.05) is 0 Å². The fourth-order valence-corrected chi connectivity index (χ4v) is 4.08. The van der Waals surface area contributed by atoms with E-state index in [9.17, 15) is 13.2 Å². The second-order valence-corrected chi connectivity index (χ2v) is 6.65. The summed E-state index contributed by atoms with van der Waals surface area (Å²) in [5.41, 5.74) is 0.446. The Balaban J connectivity index is 2.57. The fourth-order valence-electron chi connectivity index (χ4n) is 1.83. The monoisotopic (exact) mass is 319 g/mol. The Morgan fingerprint density at radius 1 is 1.47 bits per heavy atom. The topological polar surface area (TPSA) is 74.7 Å². The summed E-state index contributed by atoms with van der Waals surface area (Å²) in [7, 11) is -3.30. The second kappa shape index (κ2) is 4.30. The van der Waals surface area contributed by atoms with Crippen molar-refractivity contribution in [3.05, 3.63) is 22.7 Å². The Bertz CT molecular complexity index is 570. The highest BCUT2D eigenvalue weighted by Crippen LogP contribution is 2.36. The van der Waals surface area contributed by atoms with Gasteiger partial charge in [0, 0.05) is 11.0 Å². The maximum absolute atomic E-state index is 11.9. The molecule has 0 atom stereocenters. The number of sulfone groups is 1. The van der Waals surface area contributed by atoms with Gasteiger partial charge in [-0.1, -0.05) is 6.07 Å². The third kappa shape index (κ3) is 2.30. The highest BCUT2D eigenvalue weighted by atomic mass is 79.9. The van der Waals surface area contributed by atoms with Crippen LogP contribution in [0.1, 0.15) is 0 Å². The highest BCUT2D eigenvalue weighted by Gasteiger charge is 2.30. The maximum Gasteiger partial charge on any atom is 0.323 e. The molecule has 1 aromatic carbocycles. The van der Waals surface area contributed by atoms with E-state index in [-0.39, 0.29) is 23.7 Å². The van der Waals surface area contributed by atoms with Crippen LogP contribution < -0.4 is 4.90 Å². The number of fused-ring (bicyclic) bond motifs is 1. The van der Waals surface area contributed by atoms with Crippen LogP contribution in [0, 0.1) is 0 Å². The minimum absolute atomic E-state index is 0.0519. The zero-order valence-electron chi connectivity index (χ0n) is 8.76. The van der Waals surface area contributed by atoms with Crippen LogP contribution in [0.5, 0.6) is 0 Å². The van der Waals surface area contributed by atoms with Gasteiger partial charge >= 0.3 is 5.97 Å². The molecular weight excluding hydrogens is 310 g/mol. The minimum atomic E-state index is -3.30. The van der Waals surface area contributed by atoms with Crippen LogP contribution in [0.15, 0.2) is 27.6 Å². The average molecular weight is 320 g/mol. The van der Waals surface area contributed by atoms with Gasteiger partial charge < -0.3 is 10.0 Å². The Morgan fingerprint density at radius 3 is 2.82 bits per heavy atom. The van der Waals surface area contributed by atoms with Crippen LogP contribution in [0.3, 0.4) is 0 Å².